The first kappa shape index (κ1) is 15.3. The lowest BCUT2D eigenvalue weighted by atomic mass is 10.3. The van der Waals surface area contributed by atoms with Crippen molar-refractivity contribution in [3.8, 4) is 0 Å². The molecule has 0 saturated carbocycles. The van der Waals surface area contributed by atoms with Gasteiger partial charge in [-0.15, -0.1) is 0 Å². The highest BCUT2D eigenvalue weighted by molar-refractivity contribution is 7.89. The summed E-state index contributed by atoms with van der Waals surface area (Å²) in [5, 5.41) is 8.47. The molecule has 0 aromatic carbocycles. The third-order valence-electron chi connectivity index (χ3n) is 1.66. The molecule has 0 heterocycles. The molecule has 96 valence electrons. The lowest BCUT2D eigenvalue weighted by Crippen LogP contribution is -2.37. The van der Waals surface area contributed by atoms with E-state index in [0.29, 0.717) is 0 Å². The van der Waals surface area contributed by atoms with Crippen LogP contribution in [0.3, 0.4) is 0 Å². The molecule has 0 aromatic heterocycles. The first-order valence-corrected chi connectivity index (χ1v) is 6.71. The Balaban J connectivity index is 4.00. The maximum Gasteiger partial charge on any atom is 0.304 e. The monoisotopic (exact) mass is 253 g/mol. The number of rotatable bonds is 8. The first-order valence-electron chi connectivity index (χ1n) is 5.06. The summed E-state index contributed by atoms with van der Waals surface area (Å²) in [4.78, 5) is 10.3. The third-order valence-corrected chi connectivity index (χ3v) is 3.13. The smallest absolute Gasteiger partial charge is 0.304 e. The van der Waals surface area contributed by atoms with Crippen LogP contribution >= 0.6 is 0 Å². The number of hydrogen-bond donors (Lipinski definition) is 2. The van der Waals surface area contributed by atoms with Crippen LogP contribution < -0.4 is 4.72 Å². The van der Waals surface area contributed by atoms with Gasteiger partial charge >= 0.3 is 5.97 Å². The van der Waals surface area contributed by atoms with Gasteiger partial charge in [0.15, 0.2) is 0 Å². The zero-order chi connectivity index (χ0) is 12.8. The molecular weight excluding hydrogens is 234 g/mol. The van der Waals surface area contributed by atoms with E-state index in [1.807, 2.05) is 13.8 Å². The van der Waals surface area contributed by atoms with Gasteiger partial charge in [0.1, 0.15) is 0 Å². The minimum atomic E-state index is -3.46. The number of hydrogen-bond acceptors (Lipinski definition) is 4. The summed E-state index contributed by atoms with van der Waals surface area (Å²) in [5.74, 6) is -1.19. The fraction of sp³-hybridized carbons (Fsp3) is 0.889. The van der Waals surface area contributed by atoms with Crippen LogP contribution in [0.2, 0.25) is 0 Å². The van der Waals surface area contributed by atoms with Gasteiger partial charge in [-0.25, -0.2) is 13.1 Å². The van der Waals surface area contributed by atoms with Gasteiger partial charge in [-0.2, -0.15) is 0 Å². The number of ether oxygens (including phenoxy) is 1. The SMILES string of the molecule is CC(CC(=O)O)NS(=O)(=O)CCOC(C)C. The minimum Gasteiger partial charge on any atom is -0.481 e. The van der Waals surface area contributed by atoms with Crippen LogP contribution in [0, 0.1) is 0 Å². The van der Waals surface area contributed by atoms with Gasteiger partial charge in [0.2, 0.25) is 10.0 Å². The Morgan fingerprint density at radius 1 is 1.38 bits per heavy atom. The van der Waals surface area contributed by atoms with Crippen LogP contribution in [-0.2, 0) is 19.6 Å². The summed E-state index contributed by atoms with van der Waals surface area (Å²) in [5.41, 5.74) is 0. The highest BCUT2D eigenvalue weighted by Gasteiger charge is 2.16. The van der Waals surface area contributed by atoms with Crippen LogP contribution in [0.15, 0.2) is 0 Å². The summed E-state index contributed by atoms with van der Waals surface area (Å²) < 4.78 is 30.2. The van der Waals surface area contributed by atoms with E-state index in [-0.39, 0.29) is 24.9 Å². The topological polar surface area (TPSA) is 92.7 Å². The second kappa shape index (κ2) is 6.82. The number of nitrogens with one attached hydrogen (secondary N) is 1. The Morgan fingerprint density at radius 2 is 1.94 bits per heavy atom. The molecule has 16 heavy (non-hydrogen) atoms. The highest BCUT2D eigenvalue weighted by atomic mass is 32.2. The van der Waals surface area contributed by atoms with Crippen LogP contribution in [0.5, 0.6) is 0 Å². The molecule has 0 spiro atoms. The van der Waals surface area contributed by atoms with Gasteiger partial charge in [0, 0.05) is 6.04 Å². The second-order valence-electron chi connectivity index (χ2n) is 3.86. The van der Waals surface area contributed by atoms with Gasteiger partial charge in [0.25, 0.3) is 0 Å². The largest absolute Gasteiger partial charge is 0.481 e. The summed E-state index contributed by atoms with van der Waals surface area (Å²) >= 11 is 0. The average Bonchev–Trinajstić information content (AvgIpc) is 1.98. The summed E-state index contributed by atoms with van der Waals surface area (Å²) in [7, 11) is -3.46. The van der Waals surface area contributed by atoms with E-state index >= 15 is 0 Å². The van der Waals surface area contributed by atoms with Crippen molar-refractivity contribution in [3.63, 3.8) is 0 Å². The predicted octanol–water partition coefficient (Wildman–Crippen LogP) is 0.194. The molecule has 0 radical (unpaired) electrons. The summed E-state index contributed by atoms with van der Waals surface area (Å²) in [6, 6.07) is -0.610. The molecule has 0 aliphatic heterocycles. The van der Waals surface area contributed by atoms with Gasteiger partial charge in [-0.05, 0) is 20.8 Å². The van der Waals surface area contributed by atoms with Crippen molar-refractivity contribution < 1.29 is 23.1 Å². The van der Waals surface area contributed by atoms with Crippen LogP contribution in [0.4, 0.5) is 0 Å². The van der Waals surface area contributed by atoms with Crippen LogP contribution in [0.1, 0.15) is 27.2 Å². The molecule has 0 aliphatic carbocycles. The number of carboxylic acid groups (broad SMARTS) is 1. The Bertz CT molecular complexity index is 312. The lowest BCUT2D eigenvalue weighted by Gasteiger charge is -2.13. The zero-order valence-corrected chi connectivity index (χ0v) is 10.6. The van der Waals surface area contributed by atoms with Gasteiger partial charge in [-0.3, -0.25) is 4.79 Å². The molecule has 7 heteroatoms. The maximum atomic E-state index is 11.4. The summed E-state index contributed by atoms with van der Waals surface area (Å²) in [6.45, 7) is 5.24. The Hall–Kier alpha value is -0.660. The zero-order valence-electron chi connectivity index (χ0n) is 9.76. The fourth-order valence-electron chi connectivity index (χ4n) is 1.06. The van der Waals surface area contributed by atoms with E-state index in [4.69, 9.17) is 9.84 Å². The van der Waals surface area contributed by atoms with Gasteiger partial charge in [0.05, 0.1) is 24.9 Å². The number of aliphatic carboxylic acids is 1. The molecule has 0 aliphatic rings. The fourth-order valence-corrected chi connectivity index (χ4v) is 2.19. The summed E-state index contributed by atoms with van der Waals surface area (Å²) in [6.07, 6.45) is -0.254. The predicted molar refractivity (Wildman–Crippen MR) is 59.7 cm³/mol. The minimum absolute atomic E-state index is 0.0216. The van der Waals surface area contributed by atoms with E-state index in [9.17, 15) is 13.2 Å². The molecule has 0 rings (SSSR count). The Kier molecular flexibility index (Phi) is 6.54. The van der Waals surface area contributed by atoms with E-state index in [0.717, 1.165) is 0 Å². The Morgan fingerprint density at radius 3 is 2.38 bits per heavy atom. The standard InChI is InChI=1S/C9H19NO5S/c1-7(2)15-4-5-16(13,14)10-8(3)6-9(11)12/h7-8,10H,4-6H2,1-3H3,(H,11,12). The van der Waals surface area contributed by atoms with Crippen molar-refractivity contribution >= 4 is 16.0 Å². The highest BCUT2D eigenvalue weighted by Crippen LogP contribution is 1.96. The van der Waals surface area contributed by atoms with Crippen molar-refractivity contribution in [1.82, 2.24) is 4.72 Å². The molecule has 0 bridgehead atoms. The molecule has 2 N–H and O–H groups in total. The molecule has 6 nitrogen and oxygen atoms in total. The van der Waals surface area contributed by atoms with Gasteiger partial charge < -0.3 is 9.84 Å². The van der Waals surface area contributed by atoms with Crippen molar-refractivity contribution in [2.75, 3.05) is 12.4 Å². The van der Waals surface area contributed by atoms with Crippen molar-refractivity contribution in [2.45, 2.75) is 39.3 Å². The molecule has 0 amide bonds. The van der Waals surface area contributed by atoms with Crippen LogP contribution in [-0.4, -0.2) is 44.0 Å². The molecule has 1 atom stereocenters. The van der Waals surface area contributed by atoms with Crippen molar-refractivity contribution in [2.24, 2.45) is 0 Å². The number of carboxylic acids is 1. The second-order valence-corrected chi connectivity index (χ2v) is 5.73. The number of carbonyl (C=O) groups is 1. The molecular formula is C9H19NO5S. The molecule has 0 saturated heterocycles. The van der Waals surface area contributed by atoms with E-state index in [1.54, 1.807) is 0 Å². The van der Waals surface area contributed by atoms with Crippen molar-refractivity contribution in [3.05, 3.63) is 0 Å². The average molecular weight is 253 g/mol. The maximum absolute atomic E-state index is 11.4. The normalized spacial score (nSPS) is 14.0. The Labute approximate surface area is 96.0 Å². The number of sulfonamides is 1. The molecule has 1 unspecified atom stereocenters. The van der Waals surface area contributed by atoms with Crippen molar-refractivity contribution in [1.29, 1.82) is 0 Å². The lowest BCUT2D eigenvalue weighted by molar-refractivity contribution is -0.137. The van der Waals surface area contributed by atoms with E-state index < -0.39 is 22.0 Å². The molecule has 0 fully saturated rings. The third kappa shape index (κ3) is 8.63. The van der Waals surface area contributed by atoms with E-state index in [2.05, 4.69) is 4.72 Å². The molecule has 0 aromatic rings. The first-order chi connectivity index (χ1) is 7.23. The van der Waals surface area contributed by atoms with Crippen LogP contribution in [0.25, 0.3) is 0 Å². The van der Waals surface area contributed by atoms with Gasteiger partial charge in [-0.1, -0.05) is 0 Å². The van der Waals surface area contributed by atoms with E-state index in [1.165, 1.54) is 6.92 Å². The quantitative estimate of drug-likeness (QED) is 0.644.